The van der Waals surface area contributed by atoms with Crippen LogP contribution in [0.1, 0.15) is 5.89 Å². The minimum absolute atomic E-state index is 0.678. The molecule has 19 heavy (non-hydrogen) atoms. The van der Waals surface area contributed by atoms with Gasteiger partial charge in [0.2, 0.25) is 5.89 Å². The number of oxazole rings is 1. The van der Waals surface area contributed by atoms with E-state index >= 15 is 0 Å². The van der Waals surface area contributed by atoms with E-state index in [4.69, 9.17) is 4.42 Å². The zero-order valence-electron chi connectivity index (χ0n) is 10.5. The molecule has 4 nitrogen and oxygen atoms in total. The molecule has 2 heterocycles. The van der Waals surface area contributed by atoms with Gasteiger partial charge in [0.1, 0.15) is 0 Å². The van der Waals surface area contributed by atoms with Crippen molar-refractivity contribution in [1.82, 2.24) is 14.5 Å². The first-order valence-electron chi connectivity index (χ1n) is 5.93. The molecule has 0 fully saturated rings. The maximum absolute atomic E-state index is 5.74. The van der Waals surface area contributed by atoms with Gasteiger partial charge in [0.25, 0.3) is 0 Å². The minimum atomic E-state index is 0.678. The molecule has 1 aromatic carbocycles. The van der Waals surface area contributed by atoms with Crippen molar-refractivity contribution in [2.45, 2.75) is 10.9 Å². The summed E-state index contributed by atoms with van der Waals surface area (Å²) in [6, 6.07) is 9.98. The van der Waals surface area contributed by atoms with Gasteiger partial charge in [-0.05, 0) is 0 Å². The smallest absolute Gasteiger partial charge is 0.205 e. The minimum Gasteiger partial charge on any atom is -0.440 e. The van der Waals surface area contributed by atoms with Gasteiger partial charge in [-0.2, -0.15) is 0 Å². The number of aromatic nitrogens is 3. The fourth-order valence-corrected chi connectivity index (χ4v) is 2.52. The number of imidazole rings is 1. The van der Waals surface area contributed by atoms with E-state index in [-0.39, 0.29) is 0 Å². The first kappa shape index (κ1) is 12.0. The normalized spacial score (nSPS) is 10.8. The maximum Gasteiger partial charge on any atom is 0.205 e. The van der Waals surface area contributed by atoms with Crippen LogP contribution in [0.2, 0.25) is 0 Å². The summed E-state index contributed by atoms with van der Waals surface area (Å²) in [7, 11) is 1.97. The molecule has 0 radical (unpaired) electrons. The van der Waals surface area contributed by atoms with Crippen molar-refractivity contribution in [2.24, 2.45) is 7.05 Å². The standard InChI is InChI=1S/C14H13N3OS/c1-17-8-7-15-14(17)19-10-13-16-9-12(18-13)11-5-3-2-4-6-11/h2-9H,10H2,1H3. The van der Waals surface area contributed by atoms with Gasteiger partial charge in [-0.3, -0.25) is 0 Å². The lowest BCUT2D eigenvalue weighted by Gasteiger charge is -1.98. The molecule has 0 saturated heterocycles. The van der Waals surface area contributed by atoms with E-state index in [0.29, 0.717) is 11.6 Å². The van der Waals surface area contributed by atoms with Crippen LogP contribution in [0.15, 0.2) is 58.5 Å². The number of thioether (sulfide) groups is 1. The molecule has 0 atom stereocenters. The molecule has 0 spiro atoms. The summed E-state index contributed by atoms with van der Waals surface area (Å²) < 4.78 is 7.72. The molecular formula is C14H13N3OS. The third-order valence-corrected chi connectivity index (χ3v) is 3.76. The van der Waals surface area contributed by atoms with Crippen LogP contribution in [0.4, 0.5) is 0 Å². The number of nitrogens with zero attached hydrogens (tertiary/aromatic N) is 3. The molecule has 0 aliphatic carbocycles. The third-order valence-electron chi connectivity index (χ3n) is 2.71. The second kappa shape index (κ2) is 5.32. The number of hydrogen-bond donors (Lipinski definition) is 0. The van der Waals surface area contributed by atoms with Gasteiger partial charge in [-0.1, -0.05) is 42.1 Å². The second-order valence-corrected chi connectivity index (χ2v) is 5.04. The highest BCUT2D eigenvalue weighted by Crippen LogP contribution is 2.24. The topological polar surface area (TPSA) is 43.9 Å². The van der Waals surface area contributed by atoms with Gasteiger partial charge in [0.15, 0.2) is 10.9 Å². The maximum atomic E-state index is 5.74. The monoisotopic (exact) mass is 271 g/mol. The Bertz CT molecular complexity index is 660. The predicted molar refractivity (Wildman–Crippen MR) is 74.7 cm³/mol. The largest absolute Gasteiger partial charge is 0.440 e. The Morgan fingerprint density at radius 1 is 1.21 bits per heavy atom. The number of benzene rings is 1. The van der Waals surface area contributed by atoms with Gasteiger partial charge in [0.05, 0.1) is 11.9 Å². The van der Waals surface area contributed by atoms with Crippen LogP contribution in [-0.4, -0.2) is 14.5 Å². The van der Waals surface area contributed by atoms with Crippen molar-refractivity contribution in [3.63, 3.8) is 0 Å². The number of hydrogen-bond acceptors (Lipinski definition) is 4. The van der Waals surface area contributed by atoms with Crippen molar-refractivity contribution in [1.29, 1.82) is 0 Å². The quantitative estimate of drug-likeness (QED) is 0.682. The Kier molecular flexibility index (Phi) is 3.37. The molecule has 96 valence electrons. The molecule has 2 aromatic heterocycles. The van der Waals surface area contributed by atoms with Crippen molar-refractivity contribution < 1.29 is 4.42 Å². The highest BCUT2D eigenvalue weighted by molar-refractivity contribution is 7.98. The Labute approximate surface area is 115 Å². The fraction of sp³-hybridized carbons (Fsp3) is 0.143. The number of aryl methyl sites for hydroxylation is 1. The first-order valence-corrected chi connectivity index (χ1v) is 6.92. The fourth-order valence-electron chi connectivity index (χ4n) is 1.73. The molecule has 5 heteroatoms. The second-order valence-electron chi connectivity index (χ2n) is 4.09. The van der Waals surface area contributed by atoms with Crippen molar-refractivity contribution in [2.75, 3.05) is 0 Å². The van der Waals surface area contributed by atoms with Gasteiger partial charge in [-0.25, -0.2) is 9.97 Å². The molecule has 0 N–H and O–H groups in total. The molecular weight excluding hydrogens is 258 g/mol. The molecule has 0 aliphatic rings. The van der Waals surface area contributed by atoms with Crippen LogP contribution in [-0.2, 0) is 12.8 Å². The molecule has 0 aliphatic heterocycles. The SMILES string of the molecule is Cn1ccnc1SCc1ncc(-c2ccccc2)o1. The lowest BCUT2D eigenvalue weighted by Crippen LogP contribution is -1.89. The van der Waals surface area contributed by atoms with Gasteiger partial charge in [-0.15, -0.1) is 0 Å². The summed E-state index contributed by atoms with van der Waals surface area (Å²) in [5, 5.41) is 0.958. The van der Waals surface area contributed by atoms with E-state index in [1.807, 2.05) is 48.1 Å². The Hall–Kier alpha value is -2.01. The Morgan fingerprint density at radius 3 is 2.79 bits per heavy atom. The number of rotatable bonds is 4. The average molecular weight is 271 g/mol. The van der Waals surface area contributed by atoms with Crippen molar-refractivity contribution >= 4 is 11.8 Å². The highest BCUT2D eigenvalue weighted by atomic mass is 32.2. The average Bonchev–Trinajstić information content (AvgIpc) is 3.06. The van der Waals surface area contributed by atoms with Crippen LogP contribution < -0.4 is 0 Å². The highest BCUT2D eigenvalue weighted by Gasteiger charge is 2.08. The predicted octanol–water partition coefficient (Wildman–Crippen LogP) is 3.37. The summed E-state index contributed by atoms with van der Waals surface area (Å²) in [5.41, 5.74) is 1.04. The van der Waals surface area contributed by atoms with Crippen LogP contribution in [0.5, 0.6) is 0 Å². The first-order chi connectivity index (χ1) is 9.33. The van der Waals surface area contributed by atoms with E-state index in [1.54, 1.807) is 24.2 Å². The Morgan fingerprint density at radius 2 is 2.05 bits per heavy atom. The molecule has 0 unspecified atom stereocenters. The summed E-state index contributed by atoms with van der Waals surface area (Å²) in [5.74, 6) is 2.19. The zero-order chi connectivity index (χ0) is 13.1. The van der Waals surface area contributed by atoms with Crippen molar-refractivity contribution in [3.05, 3.63) is 54.8 Å². The van der Waals surface area contributed by atoms with E-state index in [0.717, 1.165) is 16.5 Å². The van der Waals surface area contributed by atoms with Gasteiger partial charge < -0.3 is 8.98 Å². The molecule has 0 bridgehead atoms. The van der Waals surface area contributed by atoms with Crippen LogP contribution in [0, 0.1) is 0 Å². The molecule has 3 rings (SSSR count). The summed E-state index contributed by atoms with van der Waals surface area (Å²) >= 11 is 1.61. The molecule has 3 aromatic rings. The molecule has 0 amide bonds. The summed E-state index contributed by atoms with van der Waals surface area (Å²) in [6.45, 7) is 0. The lowest BCUT2D eigenvalue weighted by atomic mass is 10.2. The van der Waals surface area contributed by atoms with Crippen LogP contribution in [0.3, 0.4) is 0 Å². The molecule has 0 saturated carbocycles. The third kappa shape index (κ3) is 2.71. The summed E-state index contributed by atoms with van der Waals surface area (Å²) in [4.78, 5) is 8.55. The van der Waals surface area contributed by atoms with E-state index in [9.17, 15) is 0 Å². The van der Waals surface area contributed by atoms with Gasteiger partial charge >= 0.3 is 0 Å². The van der Waals surface area contributed by atoms with Crippen molar-refractivity contribution in [3.8, 4) is 11.3 Å². The van der Waals surface area contributed by atoms with E-state index in [2.05, 4.69) is 9.97 Å². The Balaban J connectivity index is 1.70. The van der Waals surface area contributed by atoms with Crippen LogP contribution >= 0.6 is 11.8 Å². The lowest BCUT2D eigenvalue weighted by molar-refractivity contribution is 0.529. The van der Waals surface area contributed by atoms with Crippen LogP contribution in [0.25, 0.3) is 11.3 Å². The summed E-state index contributed by atoms with van der Waals surface area (Å²) in [6.07, 6.45) is 5.48. The van der Waals surface area contributed by atoms with E-state index in [1.165, 1.54) is 0 Å². The van der Waals surface area contributed by atoms with E-state index < -0.39 is 0 Å². The zero-order valence-corrected chi connectivity index (χ0v) is 11.3. The van der Waals surface area contributed by atoms with Gasteiger partial charge in [0, 0.05) is 25.0 Å².